The van der Waals surface area contributed by atoms with Crippen LogP contribution in [0.15, 0.2) is 54.6 Å². The Morgan fingerprint density at radius 1 is 0.966 bits per heavy atom. The van der Waals surface area contributed by atoms with Gasteiger partial charge in [-0.1, -0.05) is 67.9 Å². The standard InChI is InChI=1S/C22H25ClN2O4/c1-15(2)21(25-19(26)12-16-7-4-3-5-8-16)22(28)29-14-20(27)24-13-17-9-6-10-18(23)11-17/h3-11,15,21H,12-14H2,1-2H3,(H,24,27)(H,25,26). The van der Waals surface area contributed by atoms with Crippen LogP contribution in [0.3, 0.4) is 0 Å². The number of rotatable bonds is 9. The molecule has 0 spiro atoms. The highest BCUT2D eigenvalue weighted by Crippen LogP contribution is 2.10. The molecule has 2 aromatic rings. The molecule has 154 valence electrons. The number of ether oxygens (including phenoxy) is 1. The Labute approximate surface area is 175 Å². The predicted molar refractivity (Wildman–Crippen MR) is 111 cm³/mol. The van der Waals surface area contributed by atoms with Crippen molar-refractivity contribution in [2.24, 2.45) is 5.92 Å². The number of carbonyl (C=O) groups is 3. The van der Waals surface area contributed by atoms with Gasteiger partial charge in [0.15, 0.2) is 6.61 Å². The zero-order valence-electron chi connectivity index (χ0n) is 16.5. The highest BCUT2D eigenvalue weighted by molar-refractivity contribution is 6.30. The Hall–Kier alpha value is -2.86. The van der Waals surface area contributed by atoms with Crippen molar-refractivity contribution in [2.45, 2.75) is 32.9 Å². The number of carbonyl (C=O) groups excluding carboxylic acids is 3. The van der Waals surface area contributed by atoms with Crippen LogP contribution >= 0.6 is 11.6 Å². The van der Waals surface area contributed by atoms with Crippen LogP contribution in [0.1, 0.15) is 25.0 Å². The molecule has 29 heavy (non-hydrogen) atoms. The zero-order chi connectivity index (χ0) is 21.2. The maximum Gasteiger partial charge on any atom is 0.329 e. The number of benzene rings is 2. The fourth-order valence-electron chi connectivity index (χ4n) is 2.63. The van der Waals surface area contributed by atoms with Gasteiger partial charge >= 0.3 is 5.97 Å². The second kappa shape index (κ2) is 11.2. The van der Waals surface area contributed by atoms with Crippen LogP contribution < -0.4 is 10.6 Å². The molecule has 0 heterocycles. The lowest BCUT2D eigenvalue weighted by molar-refractivity contribution is -0.152. The molecule has 0 aliphatic heterocycles. The maximum atomic E-state index is 12.4. The highest BCUT2D eigenvalue weighted by Gasteiger charge is 2.26. The van der Waals surface area contributed by atoms with E-state index in [2.05, 4.69) is 10.6 Å². The Morgan fingerprint density at radius 3 is 2.31 bits per heavy atom. The lowest BCUT2D eigenvalue weighted by Crippen LogP contribution is -2.46. The molecule has 2 N–H and O–H groups in total. The van der Waals surface area contributed by atoms with Crippen molar-refractivity contribution in [3.63, 3.8) is 0 Å². The van der Waals surface area contributed by atoms with Gasteiger partial charge in [0.1, 0.15) is 6.04 Å². The van der Waals surface area contributed by atoms with Crippen LogP contribution in [0.5, 0.6) is 0 Å². The van der Waals surface area contributed by atoms with E-state index in [4.69, 9.17) is 16.3 Å². The van der Waals surface area contributed by atoms with Crippen molar-refractivity contribution in [3.8, 4) is 0 Å². The molecule has 0 fully saturated rings. The average Bonchev–Trinajstić information content (AvgIpc) is 2.69. The fraction of sp³-hybridized carbons (Fsp3) is 0.318. The van der Waals surface area contributed by atoms with Gasteiger partial charge in [0, 0.05) is 11.6 Å². The van der Waals surface area contributed by atoms with Crippen LogP contribution in [-0.2, 0) is 32.1 Å². The van der Waals surface area contributed by atoms with E-state index in [1.807, 2.05) is 36.4 Å². The summed E-state index contributed by atoms with van der Waals surface area (Å²) in [6, 6.07) is 15.5. The molecule has 1 unspecified atom stereocenters. The van der Waals surface area contributed by atoms with E-state index in [9.17, 15) is 14.4 Å². The van der Waals surface area contributed by atoms with Gasteiger partial charge in [0.25, 0.3) is 5.91 Å². The molecule has 1 atom stereocenters. The minimum Gasteiger partial charge on any atom is -0.454 e. The van der Waals surface area contributed by atoms with Crippen LogP contribution in [0, 0.1) is 5.92 Å². The summed E-state index contributed by atoms with van der Waals surface area (Å²) in [5, 5.41) is 5.93. The summed E-state index contributed by atoms with van der Waals surface area (Å²) < 4.78 is 5.10. The number of hydrogen-bond donors (Lipinski definition) is 2. The average molecular weight is 417 g/mol. The molecule has 0 aromatic heterocycles. The van der Waals surface area contributed by atoms with Crippen LogP contribution in [0.4, 0.5) is 0 Å². The summed E-state index contributed by atoms with van der Waals surface area (Å²) in [6.45, 7) is 3.46. The second-order valence-corrected chi connectivity index (χ2v) is 7.40. The smallest absolute Gasteiger partial charge is 0.329 e. The van der Waals surface area contributed by atoms with Crippen LogP contribution in [0.2, 0.25) is 5.02 Å². The maximum absolute atomic E-state index is 12.4. The van der Waals surface area contributed by atoms with Crippen molar-refractivity contribution in [2.75, 3.05) is 6.61 Å². The van der Waals surface area contributed by atoms with Crippen LogP contribution in [0.25, 0.3) is 0 Å². The minimum atomic E-state index is -0.827. The van der Waals surface area contributed by atoms with Gasteiger partial charge in [-0.25, -0.2) is 4.79 Å². The highest BCUT2D eigenvalue weighted by atomic mass is 35.5. The molecule has 0 radical (unpaired) electrons. The largest absolute Gasteiger partial charge is 0.454 e. The first kappa shape index (κ1) is 22.4. The lowest BCUT2D eigenvalue weighted by Gasteiger charge is -2.20. The third-order valence-electron chi connectivity index (χ3n) is 4.17. The molecular weight excluding hydrogens is 392 g/mol. The fourth-order valence-corrected chi connectivity index (χ4v) is 2.84. The first-order valence-corrected chi connectivity index (χ1v) is 9.74. The Bertz CT molecular complexity index is 840. The topological polar surface area (TPSA) is 84.5 Å². The summed E-state index contributed by atoms with van der Waals surface area (Å²) in [7, 11) is 0. The summed E-state index contributed by atoms with van der Waals surface area (Å²) in [6.07, 6.45) is 0.164. The monoisotopic (exact) mass is 416 g/mol. The Morgan fingerprint density at radius 2 is 1.66 bits per heavy atom. The summed E-state index contributed by atoms with van der Waals surface area (Å²) in [4.78, 5) is 36.6. The Balaban J connectivity index is 1.80. The van der Waals surface area contributed by atoms with Crippen molar-refractivity contribution < 1.29 is 19.1 Å². The van der Waals surface area contributed by atoms with Crippen molar-refractivity contribution in [1.82, 2.24) is 10.6 Å². The third kappa shape index (κ3) is 7.95. The van der Waals surface area contributed by atoms with Gasteiger partial charge in [-0.3, -0.25) is 9.59 Å². The van der Waals surface area contributed by atoms with E-state index in [0.717, 1.165) is 11.1 Å². The van der Waals surface area contributed by atoms with E-state index in [-0.39, 0.29) is 24.8 Å². The molecule has 0 aliphatic rings. The van der Waals surface area contributed by atoms with E-state index in [0.29, 0.717) is 5.02 Å². The molecule has 7 heteroatoms. The molecule has 0 saturated heterocycles. The van der Waals surface area contributed by atoms with Gasteiger partial charge in [-0.15, -0.1) is 0 Å². The minimum absolute atomic E-state index is 0.164. The molecule has 0 bridgehead atoms. The van der Waals surface area contributed by atoms with E-state index in [1.54, 1.807) is 32.0 Å². The van der Waals surface area contributed by atoms with Crippen molar-refractivity contribution in [1.29, 1.82) is 0 Å². The number of hydrogen-bond acceptors (Lipinski definition) is 4. The SMILES string of the molecule is CC(C)C(NC(=O)Cc1ccccc1)C(=O)OCC(=O)NCc1cccc(Cl)c1. The second-order valence-electron chi connectivity index (χ2n) is 6.97. The number of esters is 1. The molecule has 0 saturated carbocycles. The molecular formula is C22H25ClN2O4. The van der Waals surface area contributed by atoms with Crippen molar-refractivity contribution in [3.05, 3.63) is 70.7 Å². The summed E-state index contributed by atoms with van der Waals surface area (Å²) >= 11 is 5.90. The number of halogens is 1. The molecule has 2 rings (SSSR count). The number of nitrogens with one attached hydrogen (secondary N) is 2. The predicted octanol–water partition coefficient (Wildman–Crippen LogP) is 2.88. The lowest BCUT2D eigenvalue weighted by atomic mass is 10.0. The van der Waals surface area contributed by atoms with E-state index < -0.39 is 24.5 Å². The summed E-state index contributed by atoms with van der Waals surface area (Å²) in [5.74, 6) is -1.54. The van der Waals surface area contributed by atoms with Crippen LogP contribution in [-0.4, -0.2) is 30.4 Å². The van der Waals surface area contributed by atoms with E-state index in [1.165, 1.54) is 0 Å². The molecule has 2 amide bonds. The first-order chi connectivity index (χ1) is 13.8. The van der Waals surface area contributed by atoms with Gasteiger partial charge in [0.2, 0.25) is 5.91 Å². The normalized spacial score (nSPS) is 11.6. The van der Waals surface area contributed by atoms with Gasteiger partial charge in [-0.05, 0) is 29.2 Å². The quantitative estimate of drug-likeness (QED) is 0.615. The number of amides is 2. The third-order valence-corrected chi connectivity index (χ3v) is 4.40. The zero-order valence-corrected chi connectivity index (χ0v) is 17.2. The Kier molecular flexibility index (Phi) is 8.68. The van der Waals surface area contributed by atoms with Gasteiger partial charge < -0.3 is 15.4 Å². The van der Waals surface area contributed by atoms with E-state index >= 15 is 0 Å². The first-order valence-electron chi connectivity index (χ1n) is 9.36. The van der Waals surface area contributed by atoms with Crippen molar-refractivity contribution >= 4 is 29.4 Å². The van der Waals surface area contributed by atoms with Gasteiger partial charge in [0.05, 0.1) is 6.42 Å². The van der Waals surface area contributed by atoms with Gasteiger partial charge in [-0.2, -0.15) is 0 Å². The molecule has 2 aromatic carbocycles. The summed E-state index contributed by atoms with van der Waals surface area (Å²) in [5.41, 5.74) is 1.69. The molecule has 0 aliphatic carbocycles. The molecule has 6 nitrogen and oxygen atoms in total.